The summed E-state index contributed by atoms with van der Waals surface area (Å²) >= 11 is 12.1. The fourth-order valence-corrected chi connectivity index (χ4v) is 3.23. The predicted octanol–water partition coefficient (Wildman–Crippen LogP) is 3.87. The predicted molar refractivity (Wildman–Crippen MR) is 79.6 cm³/mol. The molecule has 7 heteroatoms. The monoisotopic (exact) mass is 318 g/mol. The van der Waals surface area contributed by atoms with E-state index < -0.39 is 4.92 Å². The van der Waals surface area contributed by atoms with Crippen LogP contribution in [0.4, 0.5) is 11.4 Å². The lowest BCUT2D eigenvalue weighted by Gasteiger charge is -2.27. The minimum atomic E-state index is -0.534. The highest BCUT2D eigenvalue weighted by atomic mass is 35.5. The molecule has 2 N–H and O–H groups in total. The first-order valence-electron chi connectivity index (χ1n) is 6.46. The van der Waals surface area contributed by atoms with Crippen LogP contribution in [0.2, 0.25) is 10.0 Å². The highest BCUT2D eigenvalue weighted by molar-refractivity contribution is 6.39. The van der Waals surface area contributed by atoms with Gasteiger partial charge in [0.25, 0.3) is 5.69 Å². The molecule has 1 aromatic rings. The number of aliphatic hydroxyl groups is 1. The van der Waals surface area contributed by atoms with Crippen molar-refractivity contribution in [2.24, 2.45) is 5.41 Å². The molecule has 1 aliphatic carbocycles. The van der Waals surface area contributed by atoms with Gasteiger partial charge in [-0.1, -0.05) is 36.0 Å². The van der Waals surface area contributed by atoms with Gasteiger partial charge in [0.05, 0.1) is 27.3 Å². The molecule has 0 radical (unpaired) electrons. The van der Waals surface area contributed by atoms with Gasteiger partial charge in [-0.25, -0.2) is 0 Å². The summed E-state index contributed by atoms with van der Waals surface area (Å²) in [6, 6.07) is 2.55. The molecule has 1 fully saturated rings. The van der Waals surface area contributed by atoms with Crippen LogP contribution in [0.5, 0.6) is 0 Å². The largest absolute Gasteiger partial charge is 0.396 e. The Labute approximate surface area is 127 Å². The Balaban J connectivity index is 2.15. The van der Waals surface area contributed by atoms with Gasteiger partial charge in [-0.2, -0.15) is 0 Å². The maximum Gasteiger partial charge on any atom is 0.272 e. The normalized spacial score (nSPS) is 17.1. The number of nitrogens with one attached hydrogen (secondary N) is 1. The fourth-order valence-electron chi connectivity index (χ4n) is 2.63. The average Bonchev–Trinajstić information content (AvgIpc) is 2.87. The summed E-state index contributed by atoms with van der Waals surface area (Å²) in [4.78, 5) is 10.2. The third-order valence-corrected chi connectivity index (χ3v) is 4.47. The van der Waals surface area contributed by atoms with E-state index in [2.05, 4.69) is 5.32 Å². The van der Waals surface area contributed by atoms with Gasteiger partial charge in [0.2, 0.25) is 0 Å². The van der Waals surface area contributed by atoms with Crippen LogP contribution in [0.1, 0.15) is 25.7 Å². The summed E-state index contributed by atoms with van der Waals surface area (Å²) in [5.74, 6) is 0. The minimum absolute atomic E-state index is 0.113. The SMILES string of the molecule is O=[N+]([O-])c1cc(Cl)c(NCC2(CO)CCCC2)c(Cl)c1. The zero-order valence-electron chi connectivity index (χ0n) is 10.9. The molecule has 1 aliphatic rings. The van der Waals surface area contributed by atoms with Crippen molar-refractivity contribution in [1.82, 2.24) is 0 Å². The number of hydrogen-bond acceptors (Lipinski definition) is 4. The zero-order valence-corrected chi connectivity index (χ0v) is 12.4. The van der Waals surface area contributed by atoms with Crippen LogP contribution in [-0.2, 0) is 0 Å². The number of rotatable bonds is 5. The van der Waals surface area contributed by atoms with Crippen LogP contribution in [0, 0.1) is 15.5 Å². The van der Waals surface area contributed by atoms with Gasteiger partial charge in [0.15, 0.2) is 0 Å². The summed E-state index contributed by atoms with van der Waals surface area (Å²) in [6.07, 6.45) is 4.12. The number of halogens is 2. The molecule has 0 unspecified atom stereocenters. The van der Waals surface area contributed by atoms with Crippen LogP contribution in [0.15, 0.2) is 12.1 Å². The number of aliphatic hydroxyl groups excluding tert-OH is 1. The summed E-state index contributed by atoms with van der Waals surface area (Å²) < 4.78 is 0. The summed E-state index contributed by atoms with van der Waals surface area (Å²) in [6.45, 7) is 0.670. The van der Waals surface area contributed by atoms with Crippen molar-refractivity contribution in [3.8, 4) is 0 Å². The lowest BCUT2D eigenvalue weighted by Crippen LogP contribution is -2.30. The van der Waals surface area contributed by atoms with Crippen LogP contribution >= 0.6 is 23.2 Å². The van der Waals surface area contributed by atoms with E-state index in [9.17, 15) is 15.2 Å². The zero-order chi connectivity index (χ0) is 14.8. The first kappa shape index (κ1) is 15.4. The Morgan fingerprint density at radius 3 is 2.30 bits per heavy atom. The Morgan fingerprint density at radius 1 is 1.30 bits per heavy atom. The van der Waals surface area contributed by atoms with Crippen molar-refractivity contribution >= 4 is 34.6 Å². The summed E-state index contributed by atoms with van der Waals surface area (Å²) in [7, 11) is 0. The first-order chi connectivity index (χ1) is 9.47. The molecule has 1 aromatic carbocycles. The highest BCUT2D eigenvalue weighted by Crippen LogP contribution is 2.40. The average molecular weight is 319 g/mol. The van der Waals surface area contributed by atoms with Gasteiger partial charge in [-0.15, -0.1) is 0 Å². The van der Waals surface area contributed by atoms with Gasteiger partial charge in [-0.3, -0.25) is 10.1 Å². The second-order valence-electron chi connectivity index (χ2n) is 5.26. The van der Waals surface area contributed by atoms with E-state index in [1.54, 1.807) is 0 Å². The van der Waals surface area contributed by atoms with Gasteiger partial charge in [0.1, 0.15) is 0 Å². The van der Waals surface area contributed by atoms with Crippen LogP contribution < -0.4 is 5.32 Å². The van der Waals surface area contributed by atoms with E-state index in [0.717, 1.165) is 25.7 Å². The summed E-state index contributed by atoms with van der Waals surface area (Å²) in [5.41, 5.74) is 0.205. The topological polar surface area (TPSA) is 75.4 Å². The van der Waals surface area contributed by atoms with Crippen molar-refractivity contribution in [2.45, 2.75) is 25.7 Å². The molecule has 0 spiro atoms. The number of nitro groups is 1. The fraction of sp³-hybridized carbons (Fsp3) is 0.538. The molecule has 5 nitrogen and oxygen atoms in total. The molecule has 1 saturated carbocycles. The third-order valence-electron chi connectivity index (χ3n) is 3.88. The molecule has 0 aliphatic heterocycles. The molecular formula is C13H16Cl2N2O3. The molecule has 0 atom stereocenters. The number of non-ortho nitro benzene ring substituents is 1. The maximum absolute atomic E-state index is 10.7. The highest BCUT2D eigenvalue weighted by Gasteiger charge is 2.33. The van der Waals surface area contributed by atoms with E-state index in [1.165, 1.54) is 12.1 Å². The lowest BCUT2D eigenvalue weighted by molar-refractivity contribution is -0.384. The molecule has 0 heterocycles. The Hall–Kier alpha value is -1.04. The van der Waals surface area contributed by atoms with E-state index in [0.29, 0.717) is 12.2 Å². The number of benzene rings is 1. The molecule has 0 saturated heterocycles. The number of hydrogen-bond donors (Lipinski definition) is 2. The van der Waals surface area contributed by atoms with Crippen molar-refractivity contribution in [1.29, 1.82) is 0 Å². The van der Waals surface area contributed by atoms with E-state index >= 15 is 0 Å². The van der Waals surface area contributed by atoms with Gasteiger partial charge >= 0.3 is 0 Å². The van der Waals surface area contributed by atoms with Crippen molar-refractivity contribution in [2.75, 3.05) is 18.5 Å². The molecule has 110 valence electrons. The van der Waals surface area contributed by atoms with Crippen LogP contribution in [0.3, 0.4) is 0 Å². The Kier molecular flexibility index (Phi) is 4.73. The van der Waals surface area contributed by atoms with Gasteiger partial charge in [0, 0.05) is 24.1 Å². The number of nitrogens with zero attached hydrogens (tertiary/aromatic N) is 1. The van der Waals surface area contributed by atoms with Crippen molar-refractivity contribution in [3.63, 3.8) is 0 Å². The molecule has 20 heavy (non-hydrogen) atoms. The second-order valence-corrected chi connectivity index (χ2v) is 6.07. The van der Waals surface area contributed by atoms with Crippen LogP contribution in [0.25, 0.3) is 0 Å². The Morgan fingerprint density at radius 2 is 1.85 bits per heavy atom. The number of anilines is 1. The molecule has 0 bridgehead atoms. The van der Waals surface area contributed by atoms with E-state index in [1.807, 2.05) is 0 Å². The number of nitro benzene ring substituents is 1. The quantitative estimate of drug-likeness (QED) is 0.638. The molecule has 2 rings (SSSR count). The Bertz CT molecular complexity index is 493. The van der Waals surface area contributed by atoms with E-state index in [-0.39, 0.29) is 27.8 Å². The molecule has 0 aromatic heterocycles. The first-order valence-corrected chi connectivity index (χ1v) is 7.21. The minimum Gasteiger partial charge on any atom is -0.396 e. The lowest BCUT2D eigenvalue weighted by atomic mass is 9.87. The molecular weight excluding hydrogens is 303 g/mol. The maximum atomic E-state index is 10.7. The van der Waals surface area contributed by atoms with Crippen molar-refractivity contribution in [3.05, 3.63) is 32.3 Å². The van der Waals surface area contributed by atoms with Gasteiger partial charge < -0.3 is 10.4 Å². The summed E-state index contributed by atoms with van der Waals surface area (Å²) in [5, 5.41) is 23.8. The third kappa shape index (κ3) is 3.16. The molecule has 0 amide bonds. The second kappa shape index (κ2) is 6.16. The van der Waals surface area contributed by atoms with Crippen LogP contribution in [-0.4, -0.2) is 23.2 Å². The van der Waals surface area contributed by atoms with E-state index in [4.69, 9.17) is 23.2 Å². The van der Waals surface area contributed by atoms with Crippen molar-refractivity contribution < 1.29 is 10.0 Å². The standard InChI is InChI=1S/C13H16Cl2N2O3/c14-10-5-9(17(19)20)6-11(15)12(10)16-7-13(8-18)3-1-2-4-13/h5-6,16,18H,1-4,7-8H2. The smallest absolute Gasteiger partial charge is 0.272 e. The van der Waals surface area contributed by atoms with Gasteiger partial charge in [-0.05, 0) is 12.8 Å².